The predicted octanol–water partition coefficient (Wildman–Crippen LogP) is 2.30. The Hall–Kier alpha value is -2.43. The van der Waals surface area contributed by atoms with Crippen LogP contribution in [0.2, 0.25) is 0 Å². The lowest BCUT2D eigenvalue weighted by Gasteiger charge is -2.12. The lowest BCUT2D eigenvalue weighted by Crippen LogP contribution is -2.25. The SMILES string of the molecule is Cc1ccc(N2N=C(Cc3ncc[nH]3)C(C)C2=O)cc1. The molecule has 2 heterocycles. The highest BCUT2D eigenvalue weighted by Gasteiger charge is 2.33. The van der Waals surface area contributed by atoms with Gasteiger partial charge in [-0.3, -0.25) is 4.79 Å². The lowest BCUT2D eigenvalue weighted by atomic mass is 10.0. The first-order chi connectivity index (χ1) is 9.65. The van der Waals surface area contributed by atoms with Crippen LogP contribution in [0.15, 0.2) is 41.8 Å². The van der Waals surface area contributed by atoms with Gasteiger partial charge < -0.3 is 4.98 Å². The Morgan fingerprint density at radius 3 is 2.70 bits per heavy atom. The molecule has 1 unspecified atom stereocenters. The zero-order valence-corrected chi connectivity index (χ0v) is 11.5. The third kappa shape index (κ3) is 2.22. The summed E-state index contributed by atoms with van der Waals surface area (Å²) in [6.07, 6.45) is 4.05. The van der Waals surface area contributed by atoms with E-state index in [0.29, 0.717) is 6.42 Å². The van der Waals surface area contributed by atoms with E-state index in [-0.39, 0.29) is 11.8 Å². The molecule has 1 aromatic carbocycles. The monoisotopic (exact) mass is 268 g/mol. The summed E-state index contributed by atoms with van der Waals surface area (Å²) in [4.78, 5) is 19.5. The molecule has 0 fully saturated rings. The fourth-order valence-electron chi connectivity index (χ4n) is 2.22. The molecule has 1 amide bonds. The number of rotatable bonds is 3. The van der Waals surface area contributed by atoms with Crippen molar-refractivity contribution in [3.8, 4) is 0 Å². The number of hydrogen-bond donors (Lipinski definition) is 1. The number of amides is 1. The number of carbonyl (C=O) groups is 1. The van der Waals surface area contributed by atoms with E-state index in [9.17, 15) is 4.79 Å². The highest BCUT2D eigenvalue weighted by atomic mass is 16.2. The molecule has 1 aliphatic rings. The lowest BCUT2D eigenvalue weighted by molar-refractivity contribution is -0.119. The minimum Gasteiger partial charge on any atom is -0.348 e. The molecule has 5 nitrogen and oxygen atoms in total. The third-order valence-electron chi connectivity index (χ3n) is 3.49. The van der Waals surface area contributed by atoms with Crippen molar-refractivity contribution < 1.29 is 4.79 Å². The summed E-state index contributed by atoms with van der Waals surface area (Å²) in [6, 6.07) is 7.79. The zero-order chi connectivity index (χ0) is 14.1. The average Bonchev–Trinajstić information content (AvgIpc) is 3.04. The molecule has 1 aromatic heterocycles. The molecular weight excluding hydrogens is 252 g/mol. The summed E-state index contributed by atoms with van der Waals surface area (Å²) in [5, 5.41) is 5.95. The number of hydrazone groups is 1. The summed E-state index contributed by atoms with van der Waals surface area (Å²) in [6.45, 7) is 3.90. The Morgan fingerprint density at radius 2 is 2.05 bits per heavy atom. The number of benzene rings is 1. The summed E-state index contributed by atoms with van der Waals surface area (Å²) >= 11 is 0. The number of aryl methyl sites for hydroxylation is 1. The fraction of sp³-hybridized carbons (Fsp3) is 0.267. The van der Waals surface area contributed by atoms with E-state index in [1.54, 1.807) is 12.4 Å². The van der Waals surface area contributed by atoms with Crippen molar-refractivity contribution in [2.75, 3.05) is 5.01 Å². The summed E-state index contributed by atoms with van der Waals surface area (Å²) in [5.41, 5.74) is 2.81. The second-order valence-electron chi connectivity index (χ2n) is 5.01. The van der Waals surface area contributed by atoms with Gasteiger partial charge in [0.25, 0.3) is 5.91 Å². The Kier molecular flexibility index (Phi) is 3.10. The minimum atomic E-state index is -0.207. The summed E-state index contributed by atoms with van der Waals surface area (Å²) in [5.74, 6) is 0.631. The number of nitrogens with one attached hydrogen (secondary N) is 1. The number of anilines is 1. The maximum absolute atomic E-state index is 12.3. The zero-order valence-electron chi connectivity index (χ0n) is 11.5. The topological polar surface area (TPSA) is 61.4 Å². The van der Waals surface area contributed by atoms with Gasteiger partial charge in [0.2, 0.25) is 0 Å². The minimum absolute atomic E-state index is 0.00964. The molecule has 3 rings (SSSR count). The number of nitrogens with zero attached hydrogens (tertiary/aromatic N) is 3. The standard InChI is InChI=1S/C15H16N4O/c1-10-3-5-12(6-4-10)19-15(20)11(2)13(18-19)9-14-16-7-8-17-14/h3-8,11H,9H2,1-2H3,(H,16,17). The van der Waals surface area contributed by atoms with Gasteiger partial charge in [0.1, 0.15) is 5.82 Å². The van der Waals surface area contributed by atoms with Crippen LogP contribution in [0, 0.1) is 12.8 Å². The van der Waals surface area contributed by atoms with Crippen LogP contribution in [0.1, 0.15) is 18.3 Å². The van der Waals surface area contributed by atoms with E-state index in [4.69, 9.17) is 0 Å². The fourth-order valence-corrected chi connectivity index (χ4v) is 2.22. The van der Waals surface area contributed by atoms with Crippen LogP contribution in [0.3, 0.4) is 0 Å². The van der Waals surface area contributed by atoms with Gasteiger partial charge in [-0.25, -0.2) is 9.99 Å². The number of hydrogen-bond acceptors (Lipinski definition) is 3. The van der Waals surface area contributed by atoms with E-state index in [1.165, 1.54) is 5.01 Å². The van der Waals surface area contributed by atoms with Crippen molar-refractivity contribution in [2.45, 2.75) is 20.3 Å². The molecular formula is C15H16N4O. The van der Waals surface area contributed by atoms with E-state index in [0.717, 1.165) is 22.8 Å². The number of imidazole rings is 1. The van der Waals surface area contributed by atoms with Gasteiger partial charge >= 0.3 is 0 Å². The second-order valence-corrected chi connectivity index (χ2v) is 5.01. The van der Waals surface area contributed by atoms with Gasteiger partial charge in [0.05, 0.1) is 17.3 Å². The summed E-state index contributed by atoms with van der Waals surface area (Å²) in [7, 11) is 0. The van der Waals surface area contributed by atoms with Crippen molar-refractivity contribution in [1.82, 2.24) is 9.97 Å². The molecule has 2 aromatic rings. The van der Waals surface area contributed by atoms with Crippen LogP contribution in [-0.2, 0) is 11.2 Å². The van der Waals surface area contributed by atoms with Crippen LogP contribution in [0.25, 0.3) is 0 Å². The second kappa shape index (κ2) is 4.92. The number of aromatic nitrogens is 2. The van der Waals surface area contributed by atoms with Crippen molar-refractivity contribution in [3.63, 3.8) is 0 Å². The first-order valence-corrected chi connectivity index (χ1v) is 6.61. The quantitative estimate of drug-likeness (QED) is 0.928. The first-order valence-electron chi connectivity index (χ1n) is 6.61. The summed E-state index contributed by atoms with van der Waals surface area (Å²) < 4.78 is 0. The van der Waals surface area contributed by atoms with Gasteiger partial charge in [0.15, 0.2) is 0 Å². The smallest absolute Gasteiger partial charge is 0.255 e. The van der Waals surface area contributed by atoms with Gasteiger partial charge in [-0.05, 0) is 26.0 Å². The number of carbonyl (C=O) groups excluding carboxylic acids is 1. The molecule has 1 atom stereocenters. The maximum Gasteiger partial charge on any atom is 0.255 e. The molecule has 5 heteroatoms. The Labute approximate surface area is 117 Å². The van der Waals surface area contributed by atoms with E-state index >= 15 is 0 Å². The molecule has 0 saturated heterocycles. The largest absolute Gasteiger partial charge is 0.348 e. The van der Waals surface area contributed by atoms with Crippen LogP contribution in [0.4, 0.5) is 5.69 Å². The Morgan fingerprint density at radius 1 is 1.30 bits per heavy atom. The van der Waals surface area contributed by atoms with Crippen molar-refractivity contribution in [3.05, 3.63) is 48.0 Å². The van der Waals surface area contributed by atoms with Gasteiger partial charge in [-0.15, -0.1) is 0 Å². The highest BCUT2D eigenvalue weighted by Crippen LogP contribution is 2.24. The molecule has 0 aliphatic carbocycles. The van der Waals surface area contributed by atoms with Crippen LogP contribution in [-0.4, -0.2) is 21.6 Å². The molecule has 1 aliphatic heterocycles. The Balaban J connectivity index is 1.87. The predicted molar refractivity (Wildman–Crippen MR) is 77.6 cm³/mol. The third-order valence-corrected chi connectivity index (χ3v) is 3.49. The van der Waals surface area contributed by atoms with Gasteiger partial charge in [-0.2, -0.15) is 5.10 Å². The molecule has 102 valence electrons. The number of H-pyrrole nitrogens is 1. The average molecular weight is 268 g/mol. The molecule has 0 spiro atoms. The molecule has 20 heavy (non-hydrogen) atoms. The molecule has 0 bridgehead atoms. The van der Waals surface area contributed by atoms with E-state index < -0.39 is 0 Å². The first kappa shape index (κ1) is 12.6. The molecule has 1 N–H and O–H groups in total. The van der Waals surface area contributed by atoms with E-state index in [1.807, 2.05) is 38.1 Å². The van der Waals surface area contributed by atoms with Crippen molar-refractivity contribution in [1.29, 1.82) is 0 Å². The van der Waals surface area contributed by atoms with E-state index in [2.05, 4.69) is 15.1 Å². The van der Waals surface area contributed by atoms with Crippen molar-refractivity contribution >= 4 is 17.3 Å². The van der Waals surface area contributed by atoms with Crippen LogP contribution < -0.4 is 5.01 Å². The van der Waals surface area contributed by atoms with Gasteiger partial charge in [0, 0.05) is 18.8 Å². The van der Waals surface area contributed by atoms with Crippen LogP contribution in [0.5, 0.6) is 0 Å². The maximum atomic E-state index is 12.3. The Bertz CT molecular complexity index is 643. The van der Waals surface area contributed by atoms with Crippen LogP contribution >= 0.6 is 0 Å². The molecule has 0 saturated carbocycles. The highest BCUT2D eigenvalue weighted by molar-refractivity contribution is 6.15. The van der Waals surface area contributed by atoms with Crippen molar-refractivity contribution in [2.24, 2.45) is 11.0 Å². The van der Waals surface area contributed by atoms with Gasteiger partial charge in [-0.1, -0.05) is 17.7 Å². The normalized spacial score (nSPS) is 18.5. The number of aromatic amines is 1. The molecule has 0 radical (unpaired) electrons.